The maximum Gasteiger partial charge on any atom is 0.148 e. The summed E-state index contributed by atoms with van der Waals surface area (Å²) in [5.74, 6) is 1.62. The van der Waals surface area contributed by atoms with Crippen LogP contribution in [0.5, 0.6) is 0 Å². The fraction of sp³-hybridized carbons (Fsp3) is 0.524. The van der Waals surface area contributed by atoms with Crippen molar-refractivity contribution in [2.75, 3.05) is 38.2 Å². The molecular weight excluding hydrogens is 362 g/mol. The average molecular weight is 386 g/mol. The Labute approximate surface area is 163 Å². The number of likely N-dealkylation sites (tertiary alicyclic amines) is 1. The van der Waals surface area contributed by atoms with Crippen molar-refractivity contribution < 1.29 is 13.5 Å². The van der Waals surface area contributed by atoms with Gasteiger partial charge in [0.2, 0.25) is 0 Å². The molecule has 2 aliphatic heterocycles. The lowest BCUT2D eigenvalue weighted by Gasteiger charge is -2.28. The smallest absolute Gasteiger partial charge is 0.148 e. The van der Waals surface area contributed by atoms with Crippen molar-refractivity contribution in [3.8, 4) is 11.3 Å². The van der Waals surface area contributed by atoms with E-state index in [-0.39, 0.29) is 5.56 Å². The summed E-state index contributed by atoms with van der Waals surface area (Å²) in [6, 6.07) is 7.47. The molecule has 3 atom stereocenters. The minimum atomic E-state index is -0.628. The van der Waals surface area contributed by atoms with Gasteiger partial charge in [-0.2, -0.15) is 0 Å². The van der Waals surface area contributed by atoms with Crippen LogP contribution in [-0.4, -0.2) is 54.0 Å². The summed E-state index contributed by atoms with van der Waals surface area (Å²) < 4.78 is 32.4. The topological polar surface area (TPSA) is 50.3 Å². The molecular formula is C21H24F2N4O. The van der Waals surface area contributed by atoms with Crippen LogP contribution in [0.3, 0.4) is 0 Å². The summed E-state index contributed by atoms with van der Waals surface area (Å²) in [5, 5.41) is 11.8. The first-order chi connectivity index (χ1) is 13.7. The van der Waals surface area contributed by atoms with Gasteiger partial charge in [0, 0.05) is 50.5 Å². The average Bonchev–Trinajstić information content (AvgIpc) is 3.14. The third-order valence-electron chi connectivity index (χ3n) is 6.31. The van der Waals surface area contributed by atoms with E-state index in [1.807, 2.05) is 6.07 Å². The largest absolute Gasteiger partial charge is 0.381 e. The highest BCUT2D eigenvalue weighted by Crippen LogP contribution is 2.47. The molecule has 1 N–H and O–H groups in total. The van der Waals surface area contributed by atoms with E-state index >= 15 is 0 Å². The normalized spacial score (nSPS) is 27.6. The number of halogens is 2. The van der Waals surface area contributed by atoms with Crippen LogP contribution < -0.4 is 5.32 Å². The third kappa shape index (κ3) is 3.61. The molecule has 148 valence electrons. The van der Waals surface area contributed by atoms with Gasteiger partial charge in [-0.15, -0.1) is 10.2 Å². The number of aromatic nitrogens is 2. The number of fused-ring (bicyclic) bond motifs is 1. The zero-order chi connectivity index (χ0) is 19.1. The second-order valence-corrected chi connectivity index (χ2v) is 8.20. The van der Waals surface area contributed by atoms with Crippen LogP contribution in [0.2, 0.25) is 0 Å². The molecule has 1 saturated carbocycles. The van der Waals surface area contributed by atoms with Gasteiger partial charge in [-0.05, 0) is 54.9 Å². The van der Waals surface area contributed by atoms with E-state index in [1.54, 1.807) is 6.07 Å². The molecule has 28 heavy (non-hydrogen) atoms. The second-order valence-electron chi connectivity index (χ2n) is 8.20. The summed E-state index contributed by atoms with van der Waals surface area (Å²) in [6.45, 7) is 5.30. The van der Waals surface area contributed by atoms with Gasteiger partial charge < -0.3 is 15.0 Å². The maximum absolute atomic E-state index is 13.9. The number of anilines is 1. The molecule has 3 aliphatic rings. The van der Waals surface area contributed by atoms with Crippen LogP contribution in [0.4, 0.5) is 14.6 Å². The lowest BCUT2D eigenvalue weighted by molar-refractivity contribution is 0.0540. The predicted octanol–water partition coefficient (Wildman–Crippen LogP) is 3.19. The van der Waals surface area contributed by atoms with Crippen LogP contribution in [0.25, 0.3) is 11.3 Å². The first-order valence-electron chi connectivity index (χ1n) is 10.0. The molecule has 1 aromatic carbocycles. The Morgan fingerprint density at radius 3 is 2.50 bits per heavy atom. The molecule has 0 bridgehead atoms. The third-order valence-corrected chi connectivity index (χ3v) is 6.31. The van der Waals surface area contributed by atoms with Crippen LogP contribution in [0.1, 0.15) is 12.8 Å². The van der Waals surface area contributed by atoms with E-state index in [2.05, 4.69) is 20.4 Å². The first-order valence-corrected chi connectivity index (χ1v) is 10.0. The highest BCUT2D eigenvalue weighted by atomic mass is 19.1. The SMILES string of the molecule is Fc1ccc(-c2ccc(NC3[C@H]4CN(CC5CCOCC5)C[C@@H]34)nn2)c(F)c1. The van der Waals surface area contributed by atoms with Crippen LogP contribution in [-0.2, 0) is 4.74 Å². The predicted molar refractivity (Wildman–Crippen MR) is 102 cm³/mol. The van der Waals surface area contributed by atoms with Crippen LogP contribution in [0.15, 0.2) is 30.3 Å². The molecule has 1 aliphatic carbocycles. The van der Waals surface area contributed by atoms with Crippen molar-refractivity contribution >= 4 is 5.82 Å². The van der Waals surface area contributed by atoms with Gasteiger partial charge in [0.1, 0.15) is 17.5 Å². The highest BCUT2D eigenvalue weighted by Gasteiger charge is 2.55. The minimum absolute atomic E-state index is 0.257. The van der Waals surface area contributed by atoms with Crippen molar-refractivity contribution in [3.05, 3.63) is 42.0 Å². The lowest BCUT2D eigenvalue weighted by atomic mass is 10.00. The fourth-order valence-electron chi connectivity index (χ4n) is 4.69. The van der Waals surface area contributed by atoms with E-state index < -0.39 is 11.6 Å². The monoisotopic (exact) mass is 386 g/mol. The zero-order valence-corrected chi connectivity index (χ0v) is 15.7. The first kappa shape index (κ1) is 17.9. The van der Waals surface area contributed by atoms with E-state index in [4.69, 9.17) is 4.74 Å². The number of hydrogen-bond donors (Lipinski definition) is 1. The molecule has 1 unspecified atom stereocenters. The fourth-order valence-corrected chi connectivity index (χ4v) is 4.69. The van der Waals surface area contributed by atoms with Gasteiger partial charge in [-0.25, -0.2) is 8.78 Å². The standard InChI is InChI=1S/C21H24F2N4O/c22-14-1-2-15(18(23)9-14)19-3-4-20(26-25-19)24-21-16-11-27(12-17(16)21)10-13-5-7-28-8-6-13/h1-4,9,13,16-17,21H,5-8,10-12H2,(H,24,26)/t16-,17+,21?. The molecule has 5 nitrogen and oxygen atoms in total. The summed E-state index contributed by atoms with van der Waals surface area (Å²) in [6.07, 6.45) is 2.37. The van der Waals surface area contributed by atoms with Crippen LogP contribution >= 0.6 is 0 Å². The molecule has 3 fully saturated rings. The summed E-state index contributed by atoms with van der Waals surface area (Å²) in [4.78, 5) is 2.59. The number of hydrogen-bond acceptors (Lipinski definition) is 5. The summed E-state index contributed by atoms with van der Waals surface area (Å²) >= 11 is 0. The number of rotatable bonds is 5. The quantitative estimate of drug-likeness (QED) is 0.855. The minimum Gasteiger partial charge on any atom is -0.381 e. The van der Waals surface area contributed by atoms with Gasteiger partial charge >= 0.3 is 0 Å². The summed E-state index contributed by atoms with van der Waals surface area (Å²) in [5.41, 5.74) is 0.661. The Kier molecular flexibility index (Phi) is 4.72. The van der Waals surface area contributed by atoms with Crippen LogP contribution in [0, 0.1) is 29.4 Å². The Balaban J connectivity index is 1.14. The number of nitrogens with one attached hydrogen (secondary N) is 1. The Morgan fingerprint density at radius 2 is 1.82 bits per heavy atom. The van der Waals surface area contributed by atoms with Crippen molar-refractivity contribution in [2.24, 2.45) is 17.8 Å². The molecule has 5 rings (SSSR count). The number of piperidine rings is 1. The van der Waals surface area contributed by atoms with Crippen molar-refractivity contribution in [2.45, 2.75) is 18.9 Å². The molecule has 0 spiro atoms. The number of nitrogens with zero attached hydrogens (tertiary/aromatic N) is 3. The Morgan fingerprint density at radius 1 is 1.04 bits per heavy atom. The van der Waals surface area contributed by atoms with E-state index in [9.17, 15) is 8.78 Å². The molecule has 2 aromatic rings. The van der Waals surface area contributed by atoms with Gasteiger partial charge in [0.05, 0.1) is 5.69 Å². The van der Waals surface area contributed by atoms with E-state index in [0.717, 1.165) is 38.3 Å². The van der Waals surface area contributed by atoms with E-state index in [0.29, 0.717) is 29.4 Å². The highest BCUT2D eigenvalue weighted by molar-refractivity contribution is 5.60. The maximum atomic E-state index is 13.9. The molecule has 7 heteroatoms. The van der Waals surface area contributed by atoms with Gasteiger partial charge in [0.15, 0.2) is 0 Å². The van der Waals surface area contributed by atoms with Crippen molar-refractivity contribution in [1.29, 1.82) is 0 Å². The van der Waals surface area contributed by atoms with E-state index in [1.165, 1.54) is 31.5 Å². The number of ether oxygens (including phenoxy) is 1. The number of benzene rings is 1. The van der Waals surface area contributed by atoms with Gasteiger partial charge in [-0.3, -0.25) is 0 Å². The van der Waals surface area contributed by atoms with Crippen molar-refractivity contribution in [1.82, 2.24) is 15.1 Å². The molecule has 1 aromatic heterocycles. The lowest BCUT2D eigenvalue weighted by Crippen LogP contribution is -2.34. The molecule has 0 radical (unpaired) electrons. The van der Waals surface area contributed by atoms with Gasteiger partial charge in [-0.1, -0.05) is 0 Å². The second kappa shape index (κ2) is 7.37. The summed E-state index contributed by atoms with van der Waals surface area (Å²) in [7, 11) is 0. The van der Waals surface area contributed by atoms with Gasteiger partial charge in [0.25, 0.3) is 0 Å². The zero-order valence-electron chi connectivity index (χ0n) is 15.7. The molecule has 0 amide bonds. The Hall–Kier alpha value is -2.12. The molecule has 2 saturated heterocycles. The molecule has 3 heterocycles. The van der Waals surface area contributed by atoms with Crippen molar-refractivity contribution in [3.63, 3.8) is 0 Å². The Bertz CT molecular complexity index is 829.